The SMILES string of the molecule is CCOC(=O)CCc1nc(N)nc(-c2ccccc2)c1-c1cc(C)nc(C(F)(F)F)c1. The molecule has 0 aliphatic carbocycles. The number of anilines is 1. The molecule has 0 unspecified atom stereocenters. The molecule has 2 heterocycles. The third-order valence-electron chi connectivity index (χ3n) is 4.45. The standard InChI is InChI=1S/C22H21F3N4O2/c1-3-31-18(30)10-9-16-19(15-11-13(2)27-17(12-15)22(23,24)25)20(29-21(26)28-16)14-7-5-4-6-8-14/h4-8,11-12H,3,9-10H2,1-2H3,(H2,26,28,29). The summed E-state index contributed by atoms with van der Waals surface area (Å²) in [6.45, 7) is 3.40. The van der Waals surface area contributed by atoms with E-state index < -0.39 is 17.8 Å². The van der Waals surface area contributed by atoms with Gasteiger partial charge in [0.1, 0.15) is 5.69 Å². The van der Waals surface area contributed by atoms with Crippen LogP contribution in [-0.2, 0) is 22.1 Å². The molecule has 0 bridgehead atoms. The number of hydrogen-bond acceptors (Lipinski definition) is 6. The third-order valence-corrected chi connectivity index (χ3v) is 4.45. The lowest BCUT2D eigenvalue weighted by Crippen LogP contribution is -2.11. The van der Waals surface area contributed by atoms with Gasteiger partial charge < -0.3 is 10.5 Å². The van der Waals surface area contributed by atoms with E-state index in [4.69, 9.17) is 10.5 Å². The van der Waals surface area contributed by atoms with Crippen molar-refractivity contribution in [3.63, 3.8) is 0 Å². The van der Waals surface area contributed by atoms with E-state index in [0.717, 1.165) is 6.07 Å². The Balaban J connectivity index is 2.23. The fourth-order valence-corrected chi connectivity index (χ4v) is 3.23. The van der Waals surface area contributed by atoms with E-state index in [0.29, 0.717) is 22.5 Å². The quantitative estimate of drug-likeness (QED) is 0.575. The van der Waals surface area contributed by atoms with Crippen molar-refractivity contribution in [3.8, 4) is 22.4 Å². The number of halogens is 3. The zero-order chi connectivity index (χ0) is 22.6. The van der Waals surface area contributed by atoms with Crippen LogP contribution >= 0.6 is 0 Å². The molecule has 0 aliphatic heterocycles. The molecule has 0 atom stereocenters. The number of aromatic nitrogens is 3. The van der Waals surface area contributed by atoms with Crippen molar-refractivity contribution in [2.24, 2.45) is 0 Å². The normalized spacial score (nSPS) is 11.4. The van der Waals surface area contributed by atoms with Crippen LogP contribution in [0, 0.1) is 6.92 Å². The minimum Gasteiger partial charge on any atom is -0.466 e. The highest BCUT2D eigenvalue weighted by atomic mass is 19.4. The zero-order valence-electron chi connectivity index (χ0n) is 17.0. The van der Waals surface area contributed by atoms with Crippen LogP contribution in [0.3, 0.4) is 0 Å². The van der Waals surface area contributed by atoms with Crippen LogP contribution < -0.4 is 5.73 Å². The van der Waals surface area contributed by atoms with Gasteiger partial charge in [0.15, 0.2) is 0 Å². The molecule has 0 saturated heterocycles. The lowest BCUT2D eigenvalue weighted by atomic mass is 9.95. The summed E-state index contributed by atoms with van der Waals surface area (Å²) in [5.41, 5.74) is 7.10. The van der Waals surface area contributed by atoms with Gasteiger partial charge in [-0.1, -0.05) is 30.3 Å². The van der Waals surface area contributed by atoms with Crippen LogP contribution in [0.1, 0.15) is 30.4 Å². The number of esters is 1. The van der Waals surface area contributed by atoms with E-state index in [1.807, 2.05) is 6.07 Å². The Morgan fingerprint density at radius 2 is 1.77 bits per heavy atom. The van der Waals surface area contributed by atoms with Crippen molar-refractivity contribution in [1.29, 1.82) is 0 Å². The number of nitrogen functional groups attached to an aromatic ring is 1. The summed E-state index contributed by atoms with van der Waals surface area (Å²) in [4.78, 5) is 24.1. The Kier molecular flexibility index (Phi) is 6.53. The van der Waals surface area contributed by atoms with Crippen molar-refractivity contribution in [3.05, 3.63) is 59.5 Å². The van der Waals surface area contributed by atoms with Gasteiger partial charge in [0, 0.05) is 23.2 Å². The maximum atomic E-state index is 13.4. The van der Waals surface area contributed by atoms with Gasteiger partial charge in [-0.3, -0.25) is 4.79 Å². The molecule has 0 aliphatic rings. The number of aryl methyl sites for hydroxylation is 2. The fraction of sp³-hybridized carbons (Fsp3) is 0.273. The number of nitrogens with zero attached hydrogens (tertiary/aromatic N) is 3. The molecule has 0 fully saturated rings. The molecular weight excluding hydrogens is 409 g/mol. The van der Waals surface area contributed by atoms with E-state index >= 15 is 0 Å². The lowest BCUT2D eigenvalue weighted by molar-refractivity contribution is -0.143. The monoisotopic (exact) mass is 430 g/mol. The maximum Gasteiger partial charge on any atom is 0.433 e. The Labute approximate surface area is 177 Å². The van der Waals surface area contributed by atoms with Gasteiger partial charge >= 0.3 is 12.1 Å². The number of ether oxygens (including phenoxy) is 1. The predicted octanol–water partition coefficient (Wildman–Crippen LogP) is 4.61. The summed E-state index contributed by atoms with van der Waals surface area (Å²) in [6.07, 6.45) is -4.49. The molecule has 0 radical (unpaired) electrons. The number of nitrogens with two attached hydrogens (primary N) is 1. The van der Waals surface area contributed by atoms with Crippen molar-refractivity contribution >= 4 is 11.9 Å². The molecule has 1 aromatic carbocycles. The minimum absolute atomic E-state index is 0.00170. The summed E-state index contributed by atoms with van der Waals surface area (Å²) < 4.78 is 45.2. The summed E-state index contributed by atoms with van der Waals surface area (Å²) in [5, 5.41) is 0. The topological polar surface area (TPSA) is 91.0 Å². The highest BCUT2D eigenvalue weighted by molar-refractivity contribution is 5.83. The van der Waals surface area contributed by atoms with Gasteiger partial charge in [-0.15, -0.1) is 0 Å². The fourth-order valence-electron chi connectivity index (χ4n) is 3.23. The number of alkyl halides is 3. The molecule has 0 saturated carbocycles. The van der Waals surface area contributed by atoms with Crippen molar-refractivity contribution in [2.45, 2.75) is 32.9 Å². The first kappa shape index (κ1) is 22.2. The van der Waals surface area contributed by atoms with Gasteiger partial charge in [-0.05, 0) is 31.5 Å². The zero-order valence-corrected chi connectivity index (χ0v) is 17.0. The van der Waals surface area contributed by atoms with Crippen molar-refractivity contribution in [1.82, 2.24) is 15.0 Å². The Hall–Kier alpha value is -3.49. The molecule has 9 heteroatoms. The van der Waals surface area contributed by atoms with E-state index in [1.165, 1.54) is 13.0 Å². The molecule has 2 aromatic heterocycles. The first-order valence-corrected chi connectivity index (χ1v) is 9.62. The number of pyridine rings is 1. The molecule has 0 spiro atoms. The van der Waals surface area contributed by atoms with Gasteiger partial charge in [0.2, 0.25) is 5.95 Å². The molecule has 31 heavy (non-hydrogen) atoms. The van der Waals surface area contributed by atoms with Crippen LogP contribution in [0.15, 0.2) is 42.5 Å². The second-order valence-corrected chi connectivity index (χ2v) is 6.80. The summed E-state index contributed by atoms with van der Waals surface area (Å²) in [5.74, 6) is -0.475. The number of carbonyl (C=O) groups is 1. The van der Waals surface area contributed by atoms with Gasteiger partial charge in [-0.2, -0.15) is 13.2 Å². The second kappa shape index (κ2) is 9.11. The molecule has 3 aromatic rings. The van der Waals surface area contributed by atoms with Crippen LogP contribution in [0.4, 0.5) is 19.1 Å². The number of hydrogen-bond donors (Lipinski definition) is 1. The van der Waals surface area contributed by atoms with Gasteiger partial charge in [0.05, 0.1) is 24.4 Å². The third kappa shape index (κ3) is 5.36. The van der Waals surface area contributed by atoms with E-state index in [2.05, 4.69) is 15.0 Å². The maximum absolute atomic E-state index is 13.4. The summed E-state index contributed by atoms with van der Waals surface area (Å²) in [7, 11) is 0. The number of rotatable bonds is 6. The van der Waals surface area contributed by atoms with E-state index in [9.17, 15) is 18.0 Å². The Morgan fingerprint density at radius 3 is 2.42 bits per heavy atom. The summed E-state index contributed by atoms with van der Waals surface area (Å²) in [6, 6.07) is 11.4. The van der Waals surface area contributed by atoms with Crippen molar-refractivity contribution in [2.75, 3.05) is 12.3 Å². The van der Waals surface area contributed by atoms with Gasteiger partial charge in [0.25, 0.3) is 0 Å². The van der Waals surface area contributed by atoms with Crippen molar-refractivity contribution < 1.29 is 22.7 Å². The van der Waals surface area contributed by atoms with Crippen LogP contribution in [0.25, 0.3) is 22.4 Å². The second-order valence-electron chi connectivity index (χ2n) is 6.80. The first-order valence-electron chi connectivity index (χ1n) is 9.62. The van der Waals surface area contributed by atoms with E-state index in [-0.39, 0.29) is 36.7 Å². The Morgan fingerprint density at radius 1 is 1.06 bits per heavy atom. The van der Waals surface area contributed by atoms with Gasteiger partial charge in [-0.25, -0.2) is 15.0 Å². The predicted molar refractivity (Wildman–Crippen MR) is 110 cm³/mol. The van der Waals surface area contributed by atoms with E-state index in [1.54, 1.807) is 31.2 Å². The summed E-state index contributed by atoms with van der Waals surface area (Å²) >= 11 is 0. The smallest absolute Gasteiger partial charge is 0.433 e. The number of carbonyl (C=O) groups excluding carboxylic acids is 1. The molecule has 162 valence electrons. The highest BCUT2D eigenvalue weighted by Crippen LogP contribution is 2.37. The molecule has 2 N–H and O–H groups in total. The largest absolute Gasteiger partial charge is 0.466 e. The number of benzene rings is 1. The Bertz CT molecular complexity index is 1090. The molecule has 3 rings (SSSR count). The van der Waals surface area contributed by atoms with Crippen LogP contribution in [-0.4, -0.2) is 27.5 Å². The van der Waals surface area contributed by atoms with Crippen LogP contribution in [0.5, 0.6) is 0 Å². The average Bonchev–Trinajstić information content (AvgIpc) is 2.71. The van der Waals surface area contributed by atoms with Crippen LogP contribution in [0.2, 0.25) is 0 Å². The molecule has 6 nitrogen and oxygen atoms in total. The lowest BCUT2D eigenvalue weighted by Gasteiger charge is -2.17. The molecular formula is C22H21F3N4O2. The average molecular weight is 430 g/mol. The minimum atomic E-state index is -4.62. The highest BCUT2D eigenvalue weighted by Gasteiger charge is 2.33. The first-order chi connectivity index (χ1) is 14.7. The molecule has 0 amide bonds.